The molecule has 0 spiro atoms. The molecule has 2 nitrogen and oxygen atoms in total. The Kier molecular flexibility index (Phi) is 5.43. The van der Waals surface area contributed by atoms with Gasteiger partial charge >= 0.3 is 0 Å². The van der Waals surface area contributed by atoms with Crippen LogP contribution < -0.4 is 10.6 Å². The first kappa shape index (κ1) is 18.0. The van der Waals surface area contributed by atoms with Crippen molar-refractivity contribution in [1.82, 2.24) is 5.32 Å². The van der Waals surface area contributed by atoms with Crippen LogP contribution in [0.5, 0.6) is 0 Å². The zero-order valence-electron chi connectivity index (χ0n) is 14.7. The average Bonchev–Trinajstić information content (AvgIpc) is 2.24. The van der Waals surface area contributed by atoms with Crippen LogP contribution in [-0.4, -0.2) is 10.7 Å². The van der Waals surface area contributed by atoms with Crippen molar-refractivity contribution in [2.45, 2.75) is 72.3 Å². The van der Waals surface area contributed by atoms with Gasteiger partial charge in [0, 0.05) is 11.2 Å². The number of hydrogen-bond donors (Lipinski definition) is 2. The summed E-state index contributed by atoms with van der Waals surface area (Å²) in [4.78, 5) is 0. The van der Waals surface area contributed by atoms with E-state index >= 15 is 0 Å². The zero-order valence-corrected chi connectivity index (χ0v) is 15.5. The van der Waals surface area contributed by atoms with Crippen LogP contribution in [0.1, 0.15) is 72.4 Å². The van der Waals surface area contributed by atoms with Gasteiger partial charge in [-0.3, -0.25) is 0 Å². The average molecular weight is 307 g/mol. The van der Waals surface area contributed by atoms with Gasteiger partial charge in [0.1, 0.15) is 0 Å². The summed E-state index contributed by atoms with van der Waals surface area (Å²) < 4.78 is 0. The lowest BCUT2D eigenvalue weighted by Gasteiger charge is -2.26. The summed E-state index contributed by atoms with van der Waals surface area (Å²) in [5.74, 6) is 0.457. The second kappa shape index (κ2) is 6.35. The van der Waals surface area contributed by atoms with Gasteiger partial charge in [-0.15, -0.1) is 0 Å². The molecule has 0 atom stereocenters. The Bertz CT molecular complexity index is 505. The van der Waals surface area contributed by atoms with Gasteiger partial charge in [-0.05, 0) is 61.5 Å². The Morgan fingerprint density at radius 3 is 2.05 bits per heavy atom. The van der Waals surface area contributed by atoms with Crippen LogP contribution in [0, 0.1) is 0 Å². The third-order valence-corrected chi connectivity index (χ3v) is 3.48. The van der Waals surface area contributed by atoms with E-state index in [1.54, 1.807) is 0 Å². The summed E-state index contributed by atoms with van der Waals surface area (Å²) >= 11 is 5.44. The summed E-state index contributed by atoms with van der Waals surface area (Å²) in [7, 11) is 0. The van der Waals surface area contributed by atoms with Crippen molar-refractivity contribution >= 4 is 23.0 Å². The van der Waals surface area contributed by atoms with E-state index in [1.165, 1.54) is 11.1 Å². The van der Waals surface area contributed by atoms with E-state index < -0.39 is 0 Å². The molecule has 0 fully saturated rings. The predicted octanol–water partition coefficient (Wildman–Crippen LogP) is 5.19. The molecule has 3 heteroatoms. The largest absolute Gasteiger partial charge is 0.358 e. The lowest BCUT2D eigenvalue weighted by Crippen LogP contribution is -2.43. The maximum Gasteiger partial charge on any atom is 0.171 e. The van der Waals surface area contributed by atoms with Crippen LogP contribution in [0.2, 0.25) is 0 Å². The summed E-state index contributed by atoms with van der Waals surface area (Å²) in [5, 5.41) is 7.37. The molecule has 2 N–H and O–H groups in total. The number of nitrogens with one attached hydrogen (secondary N) is 2. The molecule has 0 radical (unpaired) electrons. The highest BCUT2D eigenvalue weighted by Crippen LogP contribution is 2.30. The molecule has 0 saturated heterocycles. The lowest BCUT2D eigenvalue weighted by atomic mass is 9.85. The van der Waals surface area contributed by atoms with Crippen molar-refractivity contribution < 1.29 is 0 Å². The molecule has 0 heterocycles. The molecule has 118 valence electrons. The maximum atomic E-state index is 5.44. The van der Waals surface area contributed by atoms with Gasteiger partial charge in [-0.2, -0.15) is 0 Å². The summed E-state index contributed by atoms with van der Waals surface area (Å²) in [6.45, 7) is 17.4. The SMILES string of the molecule is CC(C)c1ccc(C(C)(C)C)cc1NC(=S)NC(C)(C)C. The molecule has 0 aliphatic carbocycles. The monoisotopic (exact) mass is 306 g/mol. The molecule has 0 amide bonds. The molecule has 0 aliphatic heterocycles. The van der Waals surface area contributed by atoms with Gasteiger partial charge in [-0.1, -0.05) is 46.8 Å². The fourth-order valence-electron chi connectivity index (χ4n) is 2.13. The predicted molar refractivity (Wildman–Crippen MR) is 98.3 cm³/mol. The lowest BCUT2D eigenvalue weighted by molar-refractivity contribution is 0.515. The molecule has 0 saturated carbocycles. The highest BCUT2D eigenvalue weighted by molar-refractivity contribution is 7.80. The second-order valence-corrected chi connectivity index (χ2v) is 8.44. The van der Waals surface area contributed by atoms with Gasteiger partial charge in [0.2, 0.25) is 0 Å². The van der Waals surface area contributed by atoms with Crippen LogP contribution in [0.15, 0.2) is 18.2 Å². The molecule has 1 rings (SSSR count). The van der Waals surface area contributed by atoms with Crippen LogP contribution >= 0.6 is 12.2 Å². The zero-order chi connectivity index (χ0) is 16.4. The molecular weight excluding hydrogens is 276 g/mol. The van der Waals surface area contributed by atoms with E-state index in [4.69, 9.17) is 12.2 Å². The summed E-state index contributed by atoms with van der Waals surface area (Å²) in [6, 6.07) is 6.67. The molecule has 0 unspecified atom stereocenters. The van der Waals surface area contributed by atoms with Crippen molar-refractivity contribution in [1.29, 1.82) is 0 Å². The molecule has 0 aliphatic rings. The van der Waals surface area contributed by atoms with Gasteiger partial charge < -0.3 is 10.6 Å². The van der Waals surface area contributed by atoms with Crippen molar-refractivity contribution in [2.75, 3.05) is 5.32 Å². The second-order valence-electron chi connectivity index (χ2n) is 8.04. The van der Waals surface area contributed by atoms with Crippen molar-refractivity contribution in [3.63, 3.8) is 0 Å². The molecule has 0 bridgehead atoms. The number of thiocarbonyl (C=S) groups is 1. The molecule has 1 aromatic carbocycles. The highest BCUT2D eigenvalue weighted by atomic mass is 32.1. The van der Waals surface area contributed by atoms with Crippen molar-refractivity contribution in [3.05, 3.63) is 29.3 Å². The number of benzene rings is 1. The van der Waals surface area contributed by atoms with E-state index in [0.717, 1.165) is 5.69 Å². The first-order valence-electron chi connectivity index (χ1n) is 7.64. The normalized spacial score (nSPS) is 12.4. The molecular formula is C18H30N2S. The van der Waals surface area contributed by atoms with Gasteiger partial charge in [0.25, 0.3) is 0 Å². The third kappa shape index (κ3) is 5.66. The Morgan fingerprint density at radius 2 is 1.62 bits per heavy atom. The van der Waals surface area contributed by atoms with E-state index in [0.29, 0.717) is 11.0 Å². The minimum atomic E-state index is -0.0380. The number of hydrogen-bond acceptors (Lipinski definition) is 1. The minimum Gasteiger partial charge on any atom is -0.358 e. The van der Waals surface area contributed by atoms with E-state index in [-0.39, 0.29) is 11.0 Å². The first-order valence-corrected chi connectivity index (χ1v) is 8.04. The fourth-order valence-corrected chi connectivity index (χ4v) is 2.54. The van der Waals surface area contributed by atoms with E-state index in [2.05, 4.69) is 84.2 Å². The van der Waals surface area contributed by atoms with Gasteiger partial charge in [0.05, 0.1) is 0 Å². The number of rotatable bonds is 2. The molecule has 21 heavy (non-hydrogen) atoms. The van der Waals surface area contributed by atoms with Crippen molar-refractivity contribution in [2.24, 2.45) is 0 Å². The van der Waals surface area contributed by atoms with Gasteiger partial charge in [-0.25, -0.2) is 0 Å². The Morgan fingerprint density at radius 1 is 1.05 bits per heavy atom. The van der Waals surface area contributed by atoms with Crippen LogP contribution in [0.25, 0.3) is 0 Å². The van der Waals surface area contributed by atoms with Gasteiger partial charge in [0.15, 0.2) is 5.11 Å². The fraction of sp³-hybridized carbons (Fsp3) is 0.611. The Hall–Kier alpha value is -1.09. The van der Waals surface area contributed by atoms with E-state index in [9.17, 15) is 0 Å². The first-order chi connectivity index (χ1) is 9.40. The quantitative estimate of drug-likeness (QED) is 0.735. The van der Waals surface area contributed by atoms with Crippen molar-refractivity contribution in [3.8, 4) is 0 Å². The topological polar surface area (TPSA) is 24.1 Å². The van der Waals surface area contributed by atoms with Crippen LogP contribution in [-0.2, 0) is 5.41 Å². The molecule has 1 aromatic rings. The maximum absolute atomic E-state index is 5.44. The smallest absolute Gasteiger partial charge is 0.171 e. The Balaban J connectivity index is 3.10. The van der Waals surface area contributed by atoms with Crippen LogP contribution in [0.4, 0.5) is 5.69 Å². The minimum absolute atomic E-state index is 0.0380. The van der Waals surface area contributed by atoms with E-state index in [1.807, 2.05) is 0 Å². The molecule has 0 aromatic heterocycles. The Labute approximate surface area is 135 Å². The van der Waals surface area contributed by atoms with Crippen LogP contribution in [0.3, 0.4) is 0 Å². The summed E-state index contributed by atoms with van der Waals surface area (Å²) in [6.07, 6.45) is 0. The standard InChI is InChI=1S/C18H30N2S/c1-12(2)14-10-9-13(17(3,4)5)11-15(14)19-16(21)20-18(6,7)8/h9-12H,1-8H3,(H2,19,20,21). The number of anilines is 1. The summed E-state index contributed by atoms with van der Waals surface area (Å²) in [5.41, 5.74) is 3.81. The third-order valence-electron chi connectivity index (χ3n) is 3.28. The highest BCUT2D eigenvalue weighted by Gasteiger charge is 2.18.